The van der Waals surface area contributed by atoms with E-state index < -0.39 is 0 Å². The molecule has 1 saturated heterocycles. The molecule has 1 fully saturated rings. The van der Waals surface area contributed by atoms with Crippen molar-refractivity contribution in [1.29, 1.82) is 0 Å². The molecular formula is C13H17FINO. The summed E-state index contributed by atoms with van der Waals surface area (Å²) < 4.78 is 19.6. The molecule has 0 aromatic heterocycles. The molecule has 2 unspecified atom stereocenters. The Hall–Kier alpha value is -0.200. The van der Waals surface area contributed by atoms with E-state index in [2.05, 4.69) is 34.8 Å². The van der Waals surface area contributed by atoms with Gasteiger partial charge in [-0.15, -0.1) is 0 Å². The average Bonchev–Trinajstić information content (AvgIpc) is 2.80. The molecule has 0 aliphatic carbocycles. The van der Waals surface area contributed by atoms with Crippen molar-refractivity contribution >= 4 is 22.6 Å². The Bertz CT molecular complexity index is 380. The summed E-state index contributed by atoms with van der Waals surface area (Å²) >= 11 is 2.21. The highest BCUT2D eigenvalue weighted by molar-refractivity contribution is 14.1. The molecule has 2 atom stereocenters. The second kappa shape index (κ2) is 6.11. The smallest absolute Gasteiger partial charge is 0.124 e. The standard InChI is InChI=1S/C13H17FINO/c1-2-16-13(9-5-6-17-8-9)11-4-3-10(14)7-12(11)15/h3-4,7,9,13,16H,2,5-6,8H2,1H3. The van der Waals surface area contributed by atoms with Crippen LogP contribution in [-0.4, -0.2) is 19.8 Å². The van der Waals surface area contributed by atoms with Gasteiger partial charge in [0.25, 0.3) is 0 Å². The van der Waals surface area contributed by atoms with Gasteiger partial charge < -0.3 is 10.1 Å². The fourth-order valence-corrected chi connectivity index (χ4v) is 3.13. The summed E-state index contributed by atoms with van der Waals surface area (Å²) in [5.41, 5.74) is 1.18. The van der Waals surface area contributed by atoms with Crippen LogP contribution in [0.1, 0.15) is 24.9 Å². The number of hydrogen-bond donors (Lipinski definition) is 1. The van der Waals surface area contributed by atoms with E-state index in [-0.39, 0.29) is 11.9 Å². The lowest BCUT2D eigenvalue weighted by Gasteiger charge is -2.24. The van der Waals surface area contributed by atoms with E-state index in [1.165, 1.54) is 11.6 Å². The summed E-state index contributed by atoms with van der Waals surface area (Å²) in [4.78, 5) is 0. The van der Waals surface area contributed by atoms with E-state index in [9.17, 15) is 4.39 Å². The quantitative estimate of drug-likeness (QED) is 0.844. The van der Waals surface area contributed by atoms with E-state index in [1.807, 2.05) is 6.07 Å². The zero-order valence-electron chi connectivity index (χ0n) is 9.88. The Labute approximate surface area is 115 Å². The van der Waals surface area contributed by atoms with Crippen LogP contribution in [0.3, 0.4) is 0 Å². The predicted molar refractivity (Wildman–Crippen MR) is 74.5 cm³/mol. The fraction of sp³-hybridized carbons (Fsp3) is 0.538. The van der Waals surface area contributed by atoms with E-state index in [0.717, 1.165) is 29.7 Å². The van der Waals surface area contributed by atoms with Crippen molar-refractivity contribution in [3.05, 3.63) is 33.1 Å². The van der Waals surface area contributed by atoms with Gasteiger partial charge in [-0.05, 0) is 53.3 Å². The molecule has 1 aromatic carbocycles. The molecule has 1 N–H and O–H groups in total. The number of halogens is 2. The van der Waals surface area contributed by atoms with Crippen LogP contribution in [-0.2, 0) is 4.74 Å². The minimum atomic E-state index is -0.170. The normalized spacial score (nSPS) is 21.7. The van der Waals surface area contributed by atoms with Crippen LogP contribution in [0.25, 0.3) is 0 Å². The zero-order chi connectivity index (χ0) is 12.3. The van der Waals surface area contributed by atoms with Gasteiger partial charge in [-0.2, -0.15) is 0 Å². The third-order valence-electron chi connectivity index (χ3n) is 3.16. The van der Waals surface area contributed by atoms with Crippen molar-refractivity contribution in [2.75, 3.05) is 19.8 Å². The molecule has 0 bridgehead atoms. The van der Waals surface area contributed by atoms with Gasteiger partial charge in [0.15, 0.2) is 0 Å². The lowest BCUT2D eigenvalue weighted by atomic mass is 9.92. The van der Waals surface area contributed by atoms with Gasteiger partial charge in [0.1, 0.15) is 5.82 Å². The molecule has 0 amide bonds. The Morgan fingerprint density at radius 2 is 2.41 bits per heavy atom. The highest BCUT2D eigenvalue weighted by Crippen LogP contribution is 2.31. The molecule has 94 valence electrons. The maximum Gasteiger partial charge on any atom is 0.124 e. The molecule has 1 aromatic rings. The molecule has 0 spiro atoms. The van der Waals surface area contributed by atoms with E-state index in [0.29, 0.717) is 5.92 Å². The SMILES string of the molecule is CCNC(c1ccc(F)cc1I)C1CCOC1. The first-order valence-corrected chi connectivity index (χ1v) is 7.06. The first kappa shape index (κ1) is 13.2. The molecule has 0 radical (unpaired) electrons. The summed E-state index contributed by atoms with van der Waals surface area (Å²) in [6.07, 6.45) is 1.07. The summed E-state index contributed by atoms with van der Waals surface area (Å²) in [6, 6.07) is 5.30. The van der Waals surface area contributed by atoms with Gasteiger partial charge in [-0.3, -0.25) is 0 Å². The van der Waals surface area contributed by atoms with Crippen molar-refractivity contribution in [3.63, 3.8) is 0 Å². The number of hydrogen-bond acceptors (Lipinski definition) is 2. The lowest BCUT2D eigenvalue weighted by molar-refractivity contribution is 0.177. The molecule has 1 heterocycles. The summed E-state index contributed by atoms with van der Waals surface area (Å²) in [6.45, 7) is 4.64. The highest BCUT2D eigenvalue weighted by atomic mass is 127. The molecule has 0 saturated carbocycles. The van der Waals surface area contributed by atoms with Crippen molar-refractivity contribution in [2.45, 2.75) is 19.4 Å². The van der Waals surface area contributed by atoms with Gasteiger partial charge in [0.2, 0.25) is 0 Å². The minimum Gasteiger partial charge on any atom is -0.381 e. The highest BCUT2D eigenvalue weighted by Gasteiger charge is 2.27. The summed E-state index contributed by atoms with van der Waals surface area (Å²) in [5.74, 6) is 0.324. The Morgan fingerprint density at radius 1 is 1.59 bits per heavy atom. The average molecular weight is 349 g/mol. The van der Waals surface area contributed by atoms with E-state index in [4.69, 9.17) is 4.74 Å². The van der Waals surface area contributed by atoms with Crippen LogP contribution in [0.4, 0.5) is 4.39 Å². The van der Waals surface area contributed by atoms with Crippen LogP contribution in [0.2, 0.25) is 0 Å². The number of ether oxygens (including phenoxy) is 1. The topological polar surface area (TPSA) is 21.3 Å². The van der Waals surface area contributed by atoms with Crippen LogP contribution in [0, 0.1) is 15.3 Å². The second-order valence-electron chi connectivity index (χ2n) is 4.32. The third kappa shape index (κ3) is 3.17. The van der Waals surface area contributed by atoms with E-state index in [1.54, 1.807) is 6.07 Å². The molecule has 1 aliphatic heterocycles. The van der Waals surface area contributed by atoms with Crippen molar-refractivity contribution in [1.82, 2.24) is 5.32 Å². The zero-order valence-corrected chi connectivity index (χ0v) is 12.0. The van der Waals surface area contributed by atoms with Crippen LogP contribution in [0.15, 0.2) is 18.2 Å². The van der Waals surface area contributed by atoms with Crippen LogP contribution < -0.4 is 5.32 Å². The second-order valence-corrected chi connectivity index (χ2v) is 5.49. The van der Waals surface area contributed by atoms with Crippen molar-refractivity contribution in [3.8, 4) is 0 Å². The Morgan fingerprint density at radius 3 is 3.00 bits per heavy atom. The summed E-state index contributed by atoms with van der Waals surface area (Å²) in [7, 11) is 0. The number of nitrogens with one attached hydrogen (secondary N) is 1. The lowest BCUT2D eigenvalue weighted by Crippen LogP contribution is -2.29. The van der Waals surface area contributed by atoms with Crippen LogP contribution >= 0.6 is 22.6 Å². The maximum absolute atomic E-state index is 13.1. The molecule has 17 heavy (non-hydrogen) atoms. The first-order valence-electron chi connectivity index (χ1n) is 5.98. The van der Waals surface area contributed by atoms with Crippen LogP contribution in [0.5, 0.6) is 0 Å². The molecular weight excluding hydrogens is 332 g/mol. The van der Waals surface area contributed by atoms with Gasteiger partial charge in [0, 0.05) is 22.1 Å². The van der Waals surface area contributed by atoms with Gasteiger partial charge >= 0.3 is 0 Å². The fourth-order valence-electron chi connectivity index (χ4n) is 2.32. The number of benzene rings is 1. The van der Waals surface area contributed by atoms with Gasteiger partial charge in [0.05, 0.1) is 6.61 Å². The Balaban J connectivity index is 2.24. The molecule has 2 rings (SSSR count). The van der Waals surface area contributed by atoms with Crippen molar-refractivity contribution < 1.29 is 9.13 Å². The third-order valence-corrected chi connectivity index (χ3v) is 4.09. The molecule has 2 nitrogen and oxygen atoms in total. The van der Waals surface area contributed by atoms with Gasteiger partial charge in [-0.25, -0.2) is 4.39 Å². The predicted octanol–water partition coefficient (Wildman–Crippen LogP) is 3.12. The maximum atomic E-state index is 13.1. The van der Waals surface area contributed by atoms with E-state index >= 15 is 0 Å². The number of rotatable bonds is 4. The largest absolute Gasteiger partial charge is 0.381 e. The Kier molecular flexibility index (Phi) is 4.76. The minimum absolute atomic E-state index is 0.170. The molecule has 1 aliphatic rings. The summed E-state index contributed by atoms with van der Waals surface area (Å²) in [5, 5.41) is 3.49. The van der Waals surface area contributed by atoms with Crippen molar-refractivity contribution in [2.24, 2.45) is 5.92 Å². The first-order chi connectivity index (χ1) is 8.22. The van der Waals surface area contributed by atoms with Gasteiger partial charge in [-0.1, -0.05) is 13.0 Å². The monoisotopic (exact) mass is 349 g/mol. The molecule has 4 heteroatoms.